The second kappa shape index (κ2) is 6.69. The lowest BCUT2D eigenvalue weighted by Crippen LogP contribution is -2.19. The van der Waals surface area contributed by atoms with Crippen LogP contribution in [0.1, 0.15) is 33.8 Å². The lowest BCUT2D eigenvalue weighted by Gasteiger charge is -2.18. The van der Waals surface area contributed by atoms with Crippen molar-refractivity contribution in [3.05, 3.63) is 55.7 Å². The van der Waals surface area contributed by atoms with Crippen molar-refractivity contribution >= 4 is 27.3 Å². The number of hydrogen-bond acceptors (Lipinski definition) is 2. The highest BCUT2D eigenvalue weighted by Crippen LogP contribution is 2.30. The van der Waals surface area contributed by atoms with Crippen LogP contribution < -0.4 is 5.32 Å². The molecule has 0 bridgehead atoms. The lowest BCUT2D eigenvalue weighted by atomic mass is 10.0. The number of aryl methyl sites for hydroxylation is 2. The summed E-state index contributed by atoms with van der Waals surface area (Å²) in [5.74, 6) is 0. The van der Waals surface area contributed by atoms with Crippen molar-refractivity contribution < 1.29 is 0 Å². The van der Waals surface area contributed by atoms with Crippen LogP contribution in [-0.4, -0.2) is 7.05 Å². The number of rotatable bonds is 5. The van der Waals surface area contributed by atoms with Gasteiger partial charge in [0.2, 0.25) is 0 Å². The predicted octanol–water partition coefficient (Wildman–Crippen LogP) is 4.88. The fourth-order valence-corrected chi connectivity index (χ4v) is 3.77. The fraction of sp³-hybridized carbons (Fsp3) is 0.375. The van der Waals surface area contributed by atoms with E-state index in [0.29, 0.717) is 6.04 Å². The Morgan fingerprint density at radius 2 is 1.95 bits per heavy atom. The summed E-state index contributed by atoms with van der Waals surface area (Å²) >= 11 is 5.64. The highest BCUT2D eigenvalue weighted by atomic mass is 79.9. The van der Waals surface area contributed by atoms with Crippen LogP contribution >= 0.6 is 27.3 Å². The first-order chi connectivity index (χ1) is 9.15. The van der Waals surface area contributed by atoms with Gasteiger partial charge in [0.1, 0.15) is 0 Å². The zero-order valence-corrected chi connectivity index (χ0v) is 14.1. The summed E-state index contributed by atoms with van der Waals surface area (Å²) in [6.45, 7) is 4.35. The van der Waals surface area contributed by atoms with Crippen molar-refractivity contribution in [2.24, 2.45) is 0 Å². The Morgan fingerprint density at radius 3 is 2.58 bits per heavy atom. The van der Waals surface area contributed by atoms with E-state index < -0.39 is 0 Å². The third-order valence-corrected chi connectivity index (χ3v) is 5.75. The average molecular weight is 338 g/mol. The standard InChI is InChI=1S/C16H20BrNS/c1-4-12-8-9-13(19-12)10-15(18-3)14-7-5-6-11(2)16(14)17/h5-9,15,18H,4,10H2,1-3H3. The highest BCUT2D eigenvalue weighted by Gasteiger charge is 2.15. The Balaban J connectivity index is 2.22. The zero-order chi connectivity index (χ0) is 13.8. The molecule has 1 heterocycles. The molecule has 3 heteroatoms. The van der Waals surface area contributed by atoms with Gasteiger partial charge in [0, 0.05) is 26.7 Å². The summed E-state index contributed by atoms with van der Waals surface area (Å²) in [5, 5.41) is 3.44. The quantitative estimate of drug-likeness (QED) is 0.819. The van der Waals surface area contributed by atoms with E-state index in [1.807, 2.05) is 18.4 Å². The Kier molecular flexibility index (Phi) is 5.20. The molecular formula is C16H20BrNS. The molecule has 0 saturated carbocycles. The first-order valence-electron chi connectivity index (χ1n) is 6.65. The minimum absolute atomic E-state index is 0.359. The Bertz CT molecular complexity index is 547. The lowest BCUT2D eigenvalue weighted by molar-refractivity contribution is 0.594. The van der Waals surface area contributed by atoms with Crippen molar-refractivity contribution in [3.63, 3.8) is 0 Å². The van der Waals surface area contributed by atoms with Crippen molar-refractivity contribution in [1.82, 2.24) is 5.32 Å². The van der Waals surface area contributed by atoms with Crippen LogP contribution in [0.2, 0.25) is 0 Å². The molecule has 0 aliphatic heterocycles. The van der Waals surface area contributed by atoms with Crippen molar-refractivity contribution in [2.75, 3.05) is 7.05 Å². The van der Waals surface area contributed by atoms with E-state index in [1.165, 1.54) is 25.4 Å². The number of hydrogen-bond donors (Lipinski definition) is 1. The van der Waals surface area contributed by atoms with Gasteiger partial charge in [-0.15, -0.1) is 11.3 Å². The van der Waals surface area contributed by atoms with Crippen LogP contribution in [0.15, 0.2) is 34.8 Å². The maximum absolute atomic E-state index is 3.72. The normalized spacial score (nSPS) is 12.6. The molecule has 102 valence electrons. The van der Waals surface area contributed by atoms with Gasteiger partial charge < -0.3 is 5.32 Å². The van der Waals surface area contributed by atoms with E-state index in [0.717, 1.165) is 12.8 Å². The molecule has 0 fully saturated rings. The Morgan fingerprint density at radius 1 is 1.21 bits per heavy atom. The van der Waals surface area contributed by atoms with Crippen LogP contribution in [0, 0.1) is 6.92 Å². The van der Waals surface area contributed by atoms with E-state index in [4.69, 9.17) is 0 Å². The molecule has 1 N–H and O–H groups in total. The molecule has 0 saturated heterocycles. The summed E-state index contributed by atoms with van der Waals surface area (Å²) in [7, 11) is 2.04. The monoisotopic (exact) mass is 337 g/mol. The molecule has 0 radical (unpaired) electrons. The van der Waals surface area contributed by atoms with E-state index in [9.17, 15) is 0 Å². The SMILES string of the molecule is CCc1ccc(CC(NC)c2cccc(C)c2Br)s1. The maximum Gasteiger partial charge on any atom is 0.0377 e. The van der Waals surface area contributed by atoms with Gasteiger partial charge in [0.25, 0.3) is 0 Å². The molecule has 1 aromatic carbocycles. The first kappa shape index (κ1) is 14.8. The van der Waals surface area contributed by atoms with Crippen LogP contribution in [0.4, 0.5) is 0 Å². The van der Waals surface area contributed by atoms with Gasteiger partial charge in [0.15, 0.2) is 0 Å². The molecule has 1 atom stereocenters. The second-order valence-corrected chi connectivity index (χ2v) is 6.79. The van der Waals surface area contributed by atoms with Crippen molar-refractivity contribution in [3.8, 4) is 0 Å². The fourth-order valence-electron chi connectivity index (χ4n) is 2.23. The number of benzene rings is 1. The van der Waals surface area contributed by atoms with Gasteiger partial charge in [-0.2, -0.15) is 0 Å². The average Bonchev–Trinajstić information content (AvgIpc) is 2.87. The largest absolute Gasteiger partial charge is 0.313 e. The summed E-state index contributed by atoms with van der Waals surface area (Å²) < 4.78 is 1.22. The predicted molar refractivity (Wildman–Crippen MR) is 88.1 cm³/mol. The number of nitrogens with one attached hydrogen (secondary N) is 1. The number of thiophene rings is 1. The minimum Gasteiger partial charge on any atom is -0.313 e. The molecule has 19 heavy (non-hydrogen) atoms. The molecule has 2 aromatic rings. The molecular weight excluding hydrogens is 318 g/mol. The van der Waals surface area contributed by atoms with Crippen LogP contribution in [0.25, 0.3) is 0 Å². The Labute approximate surface area is 128 Å². The van der Waals surface area contributed by atoms with E-state index in [1.54, 1.807) is 0 Å². The molecule has 1 nitrogen and oxygen atoms in total. The number of halogens is 1. The van der Waals surface area contributed by atoms with Gasteiger partial charge >= 0.3 is 0 Å². The Hall–Kier alpha value is -0.640. The highest BCUT2D eigenvalue weighted by molar-refractivity contribution is 9.10. The molecule has 1 unspecified atom stereocenters. The van der Waals surface area contributed by atoms with Gasteiger partial charge in [-0.05, 0) is 43.7 Å². The molecule has 2 rings (SSSR count). The number of likely N-dealkylation sites (N-methyl/N-ethyl adjacent to an activating group) is 1. The summed E-state index contributed by atoms with van der Waals surface area (Å²) in [5.41, 5.74) is 2.63. The molecule has 0 aliphatic carbocycles. The minimum atomic E-state index is 0.359. The van der Waals surface area contributed by atoms with E-state index in [2.05, 4.69) is 65.4 Å². The third-order valence-electron chi connectivity index (χ3n) is 3.42. The summed E-state index contributed by atoms with van der Waals surface area (Å²) in [4.78, 5) is 2.91. The van der Waals surface area contributed by atoms with Crippen molar-refractivity contribution in [1.29, 1.82) is 0 Å². The maximum atomic E-state index is 3.72. The van der Waals surface area contributed by atoms with Crippen LogP contribution in [0.5, 0.6) is 0 Å². The zero-order valence-electron chi connectivity index (χ0n) is 11.7. The van der Waals surface area contributed by atoms with E-state index in [-0.39, 0.29) is 0 Å². The van der Waals surface area contributed by atoms with Crippen LogP contribution in [-0.2, 0) is 12.8 Å². The molecule has 0 aliphatic rings. The van der Waals surface area contributed by atoms with Gasteiger partial charge in [-0.1, -0.05) is 41.1 Å². The second-order valence-electron chi connectivity index (χ2n) is 4.75. The third kappa shape index (κ3) is 3.47. The van der Waals surface area contributed by atoms with Gasteiger partial charge in [0.05, 0.1) is 0 Å². The molecule has 0 amide bonds. The van der Waals surface area contributed by atoms with E-state index >= 15 is 0 Å². The smallest absolute Gasteiger partial charge is 0.0377 e. The molecule has 0 spiro atoms. The summed E-state index contributed by atoms with van der Waals surface area (Å²) in [6, 6.07) is 11.3. The molecule has 1 aromatic heterocycles. The summed E-state index contributed by atoms with van der Waals surface area (Å²) in [6.07, 6.45) is 2.17. The van der Waals surface area contributed by atoms with Crippen molar-refractivity contribution in [2.45, 2.75) is 32.7 Å². The van der Waals surface area contributed by atoms with Gasteiger partial charge in [-0.3, -0.25) is 0 Å². The van der Waals surface area contributed by atoms with Crippen LogP contribution in [0.3, 0.4) is 0 Å². The topological polar surface area (TPSA) is 12.0 Å². The van der Waals surface area contributed by atoms with Gasteiger partial charge in [-0.25, -0.2) is 0 Å². The first-order valence-corrected chi connectivity index (χ1v) is 8.26.